The Labute approximate surface area is 82.5 Å². The monoisotopic (exact) mass is 184 g/mol. The number of hydrogen-bond donors (Lipinski definition) is 1. The lowest BCUT2D eigenvalue weighted by Crippen LogP contribution is -2.29. The van der Waals surface area contributed by atoms with Gasteiger partial charge in [-0.15, -0.1) is 0 Å². The minimum atomic E-state index is -0.0440. The van der Waals surface area contributed by atoms with Crippen molar-refractivity contribution in [3.8, 4) is 0 Å². The van der Waals surface area contributed by atoms with Gasteiger partial charge in [-0.1, -0.05) is 40.0 Å². The highest BCUT2D eigenvalue weighted by Gasteiger charge is 2.32. The molecule has 1 rings (SSSR count). The van der Waals surface area contributed by atoms with E-state index in [-0.39, 0.29) is 6.10 Å². The number of aliphatic hydroxyl groups is 1. The van der Waals surface area contributed by atoms with Crippen molar-refractivity contribution in [3.63, 3.8) is 0 Å². The minimum Gasteiger partial charge on any atom is -0.393 e. The Bertz CT molecular complexity index is 144. The van der Waals surface area contributed by atoms with E-state index in [9.17, 15) is 5.11 Å². The molecule has 1 saturated carbocycles. The number of aliphatic hydroxyl groups excluding tert-OH is 1. The summed E-state index contributed by atoms with van der Waals surface area (Å²) in [6.07, 6.45) is 6.21. The molecule has 0 aromatic rings. The zero-order valence-electron chi connectivity index (χ0n) is 9.29. The second kappa shape index (κ2) is 4.99. The second-order valence-electron chi connectivity index (χ2n) is 4.83. The highest BCUT2D eigenvalue weighted by atomic mass is 16.3. The molecule has 78 valence electrons. The van der Waals surface area contributed by atoms with Crippen molar-refractivity contribution in [3.05, 3.63) is 0 Å². The maximum Gasteiger partial charge on any atom is 0.0596 e. The van der Waals surface area contributed by atoms with Crippen LogP contribution in [-0.2, 0) is 0 Å². The third-order valence-electron chi connectivity index (χ3n) is 3.69. The largest absolute Gasteiger partial charge is 0.393 e. The lowest BCUT2D eigenvalue weighted by atomic mass is 9.84. The van der Waals surface area contributed by atoms with Crippen LogP contribution in [0.3, 0.4) is 0 Å². The van der Waals surface area contributed by atoms with Crippen LogP contribution in [0.2, 0.25) is 0 Å². The van der Waals surface area contributed by atoms with E-state index >= 15 is 0 Å². The zero-order chi connectivity index (χ0) is 9.84. The third-order valence-corrected chi connectivity index (χ3v) is 3.69. The smallest absolute Gasteiger partial charge is 0.0596 e. The summed E-state index contributed by atoms with van der Waals surface area (Å²) in [4.78, 5) is 0. The highest BCUT2D eigenvalue weighted by molar-refractivity contribution is 4.82. The van der Waals surface area contributed by atoms with Crippen LogP contribution in [-0.4, -0.2) is 11.2 Å². The topological polar surface area (TPSA) is 20.2 Å². The molecule has 0 bridgehead atoms. The van der Waals surface area contributed by atoms with Crippen LogP contribution >= 0.6 is 0 Å². The molecule has 0 amide bonds. The first-order valence-electron chi connectivity index (χ1n) is 5.84. The van der Waals surface area contributed by atoms with E-state index in [1.807, 2.05) is 0 Å². The first kappa shape index (κ1) is 11.0. The molecule has 4 unspecified atom stereocenters. The van der Waals surface area contributed by atoms with Crippen LogP contribution < -0.4 is 0 Å². The molecule has 1 aliphatic carbocycles. The van der Waals surface area contributed by atoms with Gasteiger partial charge in [-0.3, -0.25) is 0 Å². The van der Waals surface area contributed by atoms with Crippen LogP contribution in [0.25, 0.3) is 0 Å². The van der Waals surface area contributed by atoms with Gasteiger partial charge in [0.1, 0.15) is 0 Å². The van der Waals surface area contributed by atoms with E-state index in [2.05, 4.69) is 20.8 Å². The predicted octanol–water partition coefficient (Wildman–Crippen LogP) is 3.22. The summed E-state index contributed by atoms with van der Waals surface area (Å²) in [5.41, 5.74) is 0. The molecule has 0 radical (unpaired) electrons. The van der Waals surface area contributed by atoms with Gasteiger partial charge in [0.25, 0.3) is 0 Å². The van der Waals surface area contributed by atoms with E-state index in [4.69, 9.17) is 0 Å². The zero-order valence-corrected chi connectivity index (χ0v) is 9.29. The maximum atomic E-state index is 10.1. The van der Waals surface area contributed by atoms with Crippen molar-refractivity contribution in [1.82, 2.24) is 0 Å². The molecule has 1 N–H and O–H groups in total. The van der Waals surface area contributed by atoms with Gasteiger partial charge in [0.05, 0.1) is 6.10 Å². The lowest BCUT2D eigenvalue weighted by molar-refractivity contribution is 0.0395. The van der Waals surface area contributed by atoms with Gasteiger partial charge < -0.3 is 5.11 Å². The fraction of sp³-hybridized carbons (Fsp3) is 1.00. The highest BCUT2D eigenvalue weighted by Crippen LogP contribution is 2.36. The van der Waals surface area contributed by atoms with Crippen molar-refractivity contribution in [1.29, 1.82) is 0 Å². The molecule has 0 spiro atoms. The molecule has 0 aromatic carbocycles. The normalized spacial score (nSPS) is 33.2. The molecule has 0 saturated heterocycles. The van der Waals surface area contributed by atoms with Gasteiger partial charge in [0.2, 0.25) is 0 Å². The number of rotatable bonds is 4. The van der Waals surface area contributed by atoms with Crippen molar-refractivity contribution in [2.24, 2.45) is 17.8 Å². The van der Waals surface area contributed by atoms with E-state index in [1.54, 1.807) is 0 Å². The Hall–Kier alpha value is -0.0400. The third kappa shape index (κ3) is 2.70. The van der Waals surface area contributed by atoms with Gasteiger partial charge in [-0.05, 0) is 30.6 Å². The summed E-state index contributed by atoms with van der Waals surface area (Å²) in [6.45, 7) is 6.68. The Balaban J connectivity index is 2.40. The Morgan fingerprint density at radius 2 is 2.08 bits per heavy atom. The summed E-state index contributed by atoms with van der Waals surface area (Å²) in [7, 11) is 0. The molecule has 4 atom stereocenters. The molecule has 13 heavy (non-hydrogen) atoms. The lowest BCUT2D eigenvalue weighted by Gasteiger charge is -2.27. The van der Waals surface area contributed by atoms with Crippen LogP contribution in [0.4, 0.5) is 0 Å². The van der Waals surface area contributed by atoms with Gasteiger partial charge in [0.15, 0.2) is 0 Å². The maximum absolute atomic E-state index is 10.1. The van der Waals surface area contributed by atoms with Crippen molar-refractivity contribution < 1.29 is 5.11 Å². The molecular formula is C12H24O. The Kier molecular flexibility index (Phi) is 4.24. The standard InChI is InChI=1S/C12H24O/c1-4-6-10(3)12(13)11-8-5-7-9(11)2/h9-13H,4-8H2,1-3H3. The van der Waals surface area contributed by atoms with Crippen LogP contribution in [0.15, 0.2) is 0 Å². The fourth-order valence-corrected chi connectivity index (χ4v) is 2.73. The van der Waals surface area contributed by atoms with Gasteiger partial charge >= 0.3 is 0 Å². The summed E-state index contributed by atoms with van der Waals surface area (Å²) in [6, 6.07) is 0. The Morgan fingerprint density at radius 1 is 1.38 bits per heavy atom. The second-order valence-corrected chi connectivity index (χ2v) is 4.83. The predicted molar refractivity (Wildman–Crippen MR) is 56.6 cm³/mol. The first-order chi connectivity index (χ1) is 6.16. The molecule has 1 aliphatic rings. The molecule has 1 nitrogen and oxygen atoms in total. The quantitative estimate of drug-likeness (QED) is 0.711. The average Bonchev–Trinajstić information content (AvgIpc) is 2.50. The average molecular weight is 184 g/mol. The van der Waals surface area contributed by atoms with Gasteiger partial charge in [0, 0.05) is 0 Å². The molecule has 1 heteroatoms. The molecule has 0 aromatic heterocycles. The summed E-state index contributed by atoms with van der Waals surface area (Å²) >= 11 is 0. The first-order valence-corrected chi connectivity index (χ1v) is 5.84. The van der Waals surface area contributed by atoms with E-state index in [1.165, 1.54) is 32.1 Å². The summed E-state index contributed by atoms with van der Waals surface area (Å²) in [5, 5.41) is 10.1. The van der Waals surface area contributed by atoms with Crippen molar-refractivity contribution >= 4 is 0 Å². The van der Waals surface area contributed by atoms with Crippen molar-refractivity contribution in [2.45, 2.75) is 59.0 Å². The summed E-state index contributed by atoms with van der Waals surface area (Å²) in [5.74, 6) is 1.83. The molecule has 0 aliphatic heterocycles. The number of hydrogen-bond acceptors (Lipinski definition) is 1. The Morgan fingerprint density at radius 3 is 2.54 bits per heavy atom. The van der Waals surface area contributed by atoms with Gasteiger partial charge in [-0.25, -0.2) is 0 Å². The van der Waals surface area contributed by atoms with Crippen LogP contribution in [0.5, 0.6) is 0 Å². The van der Waals surface area contributed by atoms with E-state index in [0.717, 1.165) is 5.92 Å². The summed E-state index contributed by atoms with van der Waals surface area (Å²) < 4.78 is 0. The van der Waals surface area contributed by atoms with E-state index < -0.39 is 0 Å². The van der Waals surface area contributed by atoms with Gasteiger partial charge in [-0.2, -0.15) is 0 Å². The fourth-order valence-electron chi connectivity index (χ4n) is 2.73. The molecule has 1 fully saturated rings. The molecular weight excluding hydrogens is 160 g/mol. The van der Waals surface area contributed by atoms with Crippen LogP contribution in [0.1, 0.15) is 52.9 Å². The van der Waals surface area contributed by atoms with Crippen LogP contribution in [0, 0.1) is 17.8 Å². The van der Waals surface area contributed by atoms with Crippen molar-refractivity contribution in [2.75, 3.05) is 0 Å². The molecule has 0 heterocycles. The minimum absolute atomic E-state index is 0.0440. The van der Waals surface area contributed by atoms with E-state index in [0.29, 0.717) is 11.8 Å². The SMILES string of the molecule is CCCC(C)C(O)C1CCCC1C.